The normalized spacial score (nSPS) is 12.1. The van der Waals surface area contributed by atoms with Crippen LogP contribution < -0.4 is 5.32 Å². The van der Waals surface area contributed by atoms with E-state index >= 15 is 0 Å². The van der Waals surface area contributed by atoms with Crippen molar-refractivity contribution >= 4 is 41.1 Å². The van der Waals surface area contributed by atoms with Crippen LogP contribution in [0.5, 0.6) is 0 Å². The van der Waals surface area contributed by atoms with E-state index in [1.165, 1.54) is 11.8 Å². The molecule has 1 heterocycles. The lowest BCUT2D eigenvalue weighted by molar-refractivity contribution is -0.113. The number of esters is 1. The molecule has 1 aliphatic rings. The Morgan fingerprint density at radius 2 is 1.63 bits per heavy atom. The molecule has 3 aromatic carbocycles. The number of rotatable bonds is 8. The molecule has 0 saturated carbocycles. The molecule has 0 aromatic heterocycles. The molecule has 0 fully saturated rings. The van der Waals surface area contributed by atoms with Crippen LogP contribution in [0, 0.1) is 11.3 Å². The summed E-state index contributed by atoms with van der Waals surface area (Å²) in [5.74, 6) is -1.70. The van der Waals surface area contributed by atoms with Gasteiger partial charge in [-0.05, 0) is 42.5 Å². The zero-order valence-corrected chi connectivity index (χ0v) is 19.2. The summed E-state index contributed by atoms with van der Waals surface area (Å²) in [5, 5.41) is 11.7. The van der Waals surface area contributed by atoms with Crippen LogP contribution in [0.4, 0.5) is 5.69 Å². The number of nitrogens with one attached hydrogen (secondary N) is 1. The molecule has 8 nitrogen and oxygen atoms in total. The van der Waals surface area contributed by atoms with Crippen LogP contribution in [-0.4, -0.2) is 47.5 Å². The Morgan fingerprint density at radius 1 is 0.943 bits per heavy atom. The average molecular weight is 486 g/mol. The van der Waals surface area contributed by atoms with Crippen molar-refractivity contribution in [3.63, 3.8) is 0 Å². The minimum Gasteiger partial charge on any atom is -0.460 e. The monoisotopic (exact) mass is 485 g/mol. The zero-order valence-electron chi connectivity index (χ0n) is 18.4. The van der Waals surface area contributed by atoms with Crippen molar-refractivity contribution in [2.45, 2.75) is 4.90 Å². The van der Waals surface area contributed by atoms with E-state index in [9.17, 15) is 19.2 Å². The van der Waals surface area contributed by atoms with Crippen LogP contribution >= 0.6 is 11.8 Å². The van der Waals surface area contributed by atoms with Crippen molar-refractivity contribution in [2.24, 2.45) is 0 Å². The maximum absolute atomic E-state index is 12.7. The fraction of sp³-hybridized carbons (Fsp3) is 0.115. The Bertz CT molecular complexity index is 1330. The largest absolute Gasteiger partial charge is 0.460 e. The number of hydrogen-bond acceptors (Lipinski definition) is 7. The Kier molecular flexibility index (Phi) is 7.24. The van der Waals surface area contributed by atoms with Gasteiger partial charge in [0, 0.05) is 10.6 Å². The minimum absolute atomic E-state index is 0.0378. The minimum atomic E-state index is -0.619. The lowest BCUT2D eigenvalue weighted by Crippen LogP contribution is -2.33. The fourth-order valence-electron chi connectivity index (χ4n) is 3.52. The number of carbonyl (C=O) groups is 4. The first-order valence-electron chi connectivity index (χ1n) is 10.6. The predicted octanol–water partition coefficient (Wildman–Crippen LogP) is 3.74. The van der Waals surface area contributed by atoms with Gasteiger partial charge in [-0.1, -0.05) is 30.3 Å². The maximum atomic E-state index is 12.7. The predicted molar refractivity (Wildman–Crippen MR) is 129 cm³/mol. The first-order valence-corrected chi connectivity index (χ1v) is 11.6. The molecule has 3 aromatic rings. The van der Waals surface area contributed by atoms with E-state index in [4.69, 9.17) is 10.00 Å². The van der Waals surface area contributed by atoms with Crippen molar-refractivity contribution in [1.29, 1.82) is 5.26 Å². The summed E-state index contributed by atoms with van der Waals surface area (Å²) in [5.41, 5.74) is 1.89. The van der Waals surface area contributed by atoms with Crippen LogP contribution in [0.15, 0.2) is 77.7 Å². The van der Waals surface area contributed by atoms with Crippen molar-refractivity contribution in [3.8, 4) is 6.07 Å². The van der Waals surface area contributed by atoms with E-state index in [0.717, 1.165) is 4.90 Å². The van der Waals surface area contributed by atoms with Crippen LogP contribution in [0.2, 0.25) is 0 Å². The standard InChI is InChI=1S/C26H19N3O5S/c27-15-17-6-5-7-18(14-17)28-23(30)16-35-22-11-4-3-10-21(22)26(33)34-13-12-29-24(31)19-8-1-2-9-20(19)25(29)32/h1-11,14H,12-13,16H2,(H,28,30). The van der Waals surface area contributed by atoms with Crippen LogP contribution in [-0.2, 0) is 9.53 Å². The van der Waals surface area contributed by atoms with Gasteiger partial charge in [0.15, 0.2) is 0 Å². The molecule has 3 amide bonds. The second kappa shape index (κ2) is 10.7. The van der Waals surface area contributed by atoms with Crippen molar-refractivity contribution in [1.82, 2.24) is 4.90 Å². The number of amides is 3. The number of imide groups is 1. The molecular formula is C26H19N3O5S. The molecule has 4 rings (SSSR count). The number of nitriles is 1. The summed E-state index contributed by atoms with van der Waals surface area (Å²) >= 11 is 1.17. The number of thioether (sulfide) groups is 1. The molecule has 9 heteroatoms. The number of ether oxygens (including phenoxy) is 1. The van der Waals surface area contributed by atoms with Gasteiger partial charge in [0.25, 0.3) is 11.8 Å². The van der Waals surface area contributed by atoms with E-state index in [1.807, 2.05) is 6.07 Å². The Morgan fingerprint density at radius 3 is 2.34 bits per heavy atom. The average Bonchev–Trinajstić information content (AvgIpc) is 3.12. The Labute approximate surface area is 205 Å². The molecule has 35 heavy (non-hydrogen) atoms. The molecule has 0 spiro atoms. The Hall–Kier alpha value is -4.42. The quantitative estimate of drug-likeness (QED) is 0.293. The van der Waals surface area contributed by atoms with Crippen LogP contribution in [0.25, 0.3) is 0 Å². The molecule has 0 bridgehead atoms. The molecule has 0 aliphatic carbocycles. The second-order valence-electron chi connectivity index (χ2n) is 7.47. The number of fused-ring (bicyclic) bond motifs is 1. The summed E-state index contributed by atoms with van der Waals surface area (Å²) in [6.45, 7) is -0.212. The van der Waals surface area contributed by atoms with E-state index in [2.05, 4.69) is 5.32 Å². The smallest absolute Gasteiger partial charge is 0.339 e. The van der Waals surface area contributed by atoms with E-state index in [-0.39, 0.29) is 30.4 Å². The van der Waals surface area contributed by atoms with Crippen molar-refractivity contribution in [2.75, 3.05) is 24.2 Å². The van der Waals surface area contributed by atoms with E-state index in [1.54, 1.807) is 72.8 Å². The second-order valence-corrected chi connectivity index (χ2v) is 8.49. The summed E-state index contributed by atoms with van der Waals surface area (Å²) in [7, 11) is 0. The van der Waals surface area contributed by atoms with Crippen LogP contribution in [0.1, 0.15) is 36.6 Å². The first kappa shape index (κ1) is 23.7. The van der Waals surface area contributed by atoms with Gasteiger partial charge in [-0.25, -0.2) is 4.79 Å². The van der Waals surface area contributed by atoms with E-state index in [0.29, 0.717) is 27.3 Å². The third-order valence-corrected chi connectivity index (χ3v) is 6.24. The molecule has 0 atom stereocenters. The van der Waals surface area contributed by atoms with Crippen LogP contribution in [0.3, 0.4) is 0 Å². The number of carbonyl (C=O) groups excluding carboxylic acids is 4. The van der Waals surface area contributed by atoms with Gasteiger partial charge in [-0.2, -0.15) is 5.26 Å². The van der Waals surface area contributed by atoms with Gasteiger partial charge in [0.05, 0.1) is 40.6 Å². The zero-order chi connectivity index (χ0) is 24.8. The molecule has 174 valence electrons. The highest BCUT2D eigenvalue weighted by Crippen LogP contribution is 2.25. The van der Waals surface area contributed by atoms with Gasteiger partial charge >= 0.3 is 5.97 Å². The maximum Gasteiger partial charge on any atom is 0.339 e. The van der Waals surface area contributed by atoms with Gasteiger partial charge in [0.2, 0.25) is 5.91 Å². The lowest BCUT2D eigenvalue weighted by Gasteiger charge is -2.14. The highest BCUT2D eigenvalue weighted by atomic mass is 32.2. The third-order valence-electron chi connectivity index (χ3n) is 5.17. The SMILES string of the molecule is N#Cc1cccc(NC(=O)CSc2ccccc2C(=O)OCCN2C(=O)c3ccccc3C2=O)c1. The van der Waals surface area contributed by atoms with Crippen molar-refractivity contribution in [3.05, 3.63) is 95.1 Å². The van der Waals surface area contributed by atoms with Gasteiger partial charge in [-0.15, -0.1) is 11.8 Å². The third kappa shape index (κ3) is 5.39. The van der Waals surface area contributed by atoms with Gasteiger partial charge < -0.3 is 10.1 Å². The molecular weight excluding hydrogens is 466 g/mol. The molecule has 0 saturated heterocycles. The highest BCUT2D eigenvalue weighted by molar-refractivity contribution is 8.00. The Balaban J connectivity index is 1.32. The summed E-state index contributed by atoms with van der Waals surface area (Å²) in [6, 6.07) is 21.8. The summed E-state index contributed by atoms with van der Waals surface area (Å²) in [6.07, 6.45) is 0. The fourth-order valence-corrected chi connectivity index (χ4v) is 4.36. The van der Waals surface area contributed by atoms with Gasteiger partial charge in [-0.3, -0.25) is 19.3 Å². The highest BCUT2D eigenvalue weighted by Gasteiger charge is 2.34. The molecule has 0 radical (unpaired) electrons. The topological polar surface area (TPSA) is 117 Å². The van der Waals surface area contributed by atoms with Crippen molar-refractivity contribution < 1.29 is 23.9 Å². The number of anilines is 1. The number of hydrogen-bond donors (Lipinski definition) is 1. The number of nitrogens with zero attached hydrogens (tertiary/aromatic N) is 2. The van der Waals surface area contributed by atoms with E-state index < -0.39 is 17.8 Å². The summed E-state index contributed by atoms with van der Waals surface area (Å²) < 4.78 is 5.32. The molecule has 0 unspecified atom stereocenters. The first-order chi connectivity index (χ1) is 17.0. The number of benzene rings is 3. The van der Waals surface area contributed by atoms with Gasteiger partial charge in [0.1, 0.15) is 6.61 Å². The molecule has 1 aliphatic heterocycles. The summed E-state index contributed by atoms with van der Waals surface area (Å²) in [4.78, 5) is 51.5. The molecule has 1 N–H and O–H groups in total. The lowest BCUT2D eigenvalue weighted by atomic mass is 10.1.